The maximum Gasteiger partial charge on any atom is 0.245 e. The average molecular weight is 436 g/mol. The van der Waals surface area contributed by atoms with Gasteiger partial charge in [0, 0.05) is 29.9 Å². The topological polar surface area (TPSA) is 144 Å². The number of H-pyrrole nitrogens is 1. The van der Waals surface area contributed by atoms with Crippen molar-refractivity contribution in [2.45, 2.75) is 31.0 Å². The van der Waals surface area contributed by atoms with E-state index in [4.69, 9.17) is 0 Å². The first-order chi connectivity index (χ1) is 15.4. The van der Waals surface area contributed by atoms with Gasteiger partial charge in [0.05, 0.1) is 6.61 Å². The minimum absolute atomic E-state index is 0.0886. The Labute approximate surface area is 183 Å². The van der Waals surface area contributed by atoms with Crippen LogP contribution in [0, 0.1) is 0 Å². The predicted octanol–water partition coefficient (Wildman–Crippen LogP) is 0.119. The first-order valence-electron chi connectivity index (χ1n) is 10.3. The number of benzene rings is 2. The Kier molecular flexibility index (Phi) is 6.09. The molecule has 0 unspecified atom stereocenters. The van der Waals surface area contributed by atoms with E-state index in [1.165, 1.54) is 12.1 Å². The van der Waals surface area contributed by atoms with Gasteiger partial charge in [-0.3, -0.25) is 14.4 Å². The van der Waals surface area contributed by atoms with Crippen LogP contribution >= 0.6 is 0 Å². The van der Waals surface area contributed by atoms with Crippen molar-refractivity contribution in [1.29, 1.82) is 0 Å². The lowest BCUT2D eigenvalue weighted by atomic mass is 10.0. The van der Waals surface area contributed by atoms with Gasteiger partial charge < -0.3 is 31.1 Å². The Balaban J connectivity index is 1.61. The SMILES string of the molecule is O=C1N[C@@H](Cc2c[nH]c3ccccc23)C(=O)N[C@@H](Cc2ccc(O)cc2)C(=O)N[C@H]1CO. The number of hydrogen-bond donors (Lipinski definition) is 6. The maximum absolute atomic E-state index is 13.1. The Morgan fingerprint density at radius 1 is 0.750 bits per heavy atom. The summed E-state index contributed by atoms with van der Waals surface area (Å²) in [5, 5.41) is 27.9. The number of aliphatic hydroxyl groups is 1. The normalized spacial score (nSPS) is 21.8. The van der Waals surface area contributed by atoms with Crippen molar-refractivity contribution in [1.82, 2.24) is 20.9 Å². The molecule has 6 N–H and O–H groups in total. The Bertz CT molecular complexity index is 1140. The van der Waals surface area contributed by atoms with Crippen molar-refractivity contribution in [3.8, 4) is 5.75 Å². The molecule has 0 aliphatic carbocycles. The maximum atomic E-state index is 13.1. The van der Waals surface area contributed by atoms with Crippen LogP contribution in [0.1, 0.15) is 11.1 Å². The summed E-state index contributed by atoms with van der Waals surface area (Å²) in [6, 6.07) is 10.8. The zero-order valence-electron chi connectivity index (χ0n) is 17.2. The molecule has 1 aliphatic rings. The van der Waals surface area contributed by atoms with Gasteiger partial charge in [0.1, 0.15) is 23.9 Å². The number of fused-ring (bicyclic) bond motifs is 1. The zero-order chi connectivity index (χ0) is 22.7. The molecule has 1 saturated heterocycles. The largest absolute Gasteiger partial charge is 0.508 e. The van der Waals surface area contributed by atoms with E-state index in [0.29, 0.717) is 0 Å². The standard InChI is InChI=1S/C23H24N4O5/c28-12-20-23(32)26-19(10-14-11-24-17-4-2-1-3-16(14)17)22(31)25-18(21(30)27-20)9-13-5-7-15(29)8-6-13/h1-8,11,18-20,24,28-29H,9-10,12H2,(H,25,31)(H,26,32)(H,27,30)/t18-,19-,20-/m0/s1. The number of carbonyl (C=O) groups is 3. The monoisotopic (exact) mass is 436 g/mol. The van der Waals surface area contributed by atoms with Crippen LogP contribution in [0.4, 0.5) is 0 Å². The van der Waals surface area contributed by atoms with Gasteiger partial charge in [0.15, 0.2) is 0 Å². The van der Waals surface area contributed by atoms with Crippen LogP contribution in [0.5, 0.6) is 5.75 Å². The fourth-order valence-corrected chi connectivity index (χ4v) is 3.82. The molecule has 9 heteroatoms. The first kappa shape index (κ1) is 21.4. The number of phenolic OH excluding ortho intramolecular Hbond substituents is 1. The highest BCUT2D eigenvalue weighted by Crippen LogP contribution is 2.20. The number of nitrogens with one attached hydrogen (secondary N) is 4. The van der Waals surface area contributed by atoms with E-state index in [1.807, 2.05) is 24.3 Å². The lowest BCUT2D eigenvalue weighted by Gasteiger charge is -2.20. The molecular weight excluding hydrogens is 412 g/mol. The third-order valence-electron chi connectivity index (χ3n) is 5.56. The lowest BCUT2D eigenvalue weighted by Crippen LogP contribution is -2.52. The number of amides is 3. The van der Waals surface area contributed by atoms with Crippen LogP contribution < -0.4 is 16.0 Å². The highest BCUT2D eigenvalue weighted by molar-refractivity contribution is 5.97. The molecule has 0 bridgehead atoms. The second-order valence-corrected chi connectivity index (χ2v) is 7.80. The zero-order valence-corrected chi connectivity index (χ0v) is 17.2. The highest BCUT2D eigenvalue weighted by atomic mass is 16.3. The molecule has 3 aromatic rings. The summed E-state index contributed by atoms with van der Waals surface area (Å²) in [5.41, 5.74) is 2.47. The number of phenols is 1. The Morgan fingerprint density at radius 3 is 2.03 bits per heavy atom. The molecule has 32 heavy (non-hydrogen) atoms. The van der Waals surface area contributed by atoms with Gasteiger partial charge in [-0.1, -0.05) is 30.3 Å². The minimum Gasteiger partial charge on any atom is -0.508 e. The lowest BCUT2D eigenvalue weighted by molar-refractivity contribution is -0.130. The molecular formula is C23H24N4O5. The average Bonchev–Trinajstić information content (AvgIpc) is 3.21. The van der Waals surface area contributed by atoms with Gasteiger partial charge >= 0.3 is 0 Å². The second kappa shape index (κ2) is 9.11. The Morgan fingerprint density at radius 2 is 1.34 bits per heavy atom. The van der Waals surface area contributed by atoms with Crippen molar-refractivity contribution >= 4 is 28.6 Å². The summed E-state index contributed by atoms with van der Waals surface area (Å²) in [4.78, 5) is 41.7. The number of para-hydroxylation sites is 1. The number of hydrogen-bond acceptors (Lipinski definition) is 5. The summed E-state index contributed by atoms with van der Waals surface area (Å²) in [6.45, 7) is -0.600. The van der Waals surface area contributed by atoms with Gasteiger partial charge in [-0.15, -0.1) is 0 Å². The van der Waals surface area contributed by atoms with E-state index >= 15 is 0 Å². The van der Waals surface area contributed by atoms with Crippen LogP contribution in [0.25, 0.3) is 10.9 Å². The summed E-state index contributed by atoms with van der Waals surface area (Å²) >= 11 is 0. The van der Waals surface area contributed by atoms with E-state index in [-0.39, 0.29) is 18.6 Å². The van der Waals surface area contributed by atoms with E-state index in [9.17, 15) is 24.6 Å². The molecule has 4 rings (SSSR count). The molecule has 1 fully saturated rings. The molecule has 166 valence electrons. The number of rotatable bonds is 5. The number of aliphatic hydroxyl groups excluding tert-OH is 1. The molecule has 9 nitrogen and oxygen atoms in total. The van der Waals surface area contributed by atoms with Crippen LogP contribution in [0.2, 0.25) is 0 Å². The molecule has 3 amide bonds. The van der Waals surface area contributed by atoms with Crippen molar-refractivity contribution in [3.05, 3.63) is 65.9 Å². The fraction of sp³-hybridized carbons (Fsp3) is 0.261. The molecule has 1 aromatic heterocycles. The van der Waals surface area contributed by atoms with Crippen LogP contribution in [0.3, 0.4) is 0 Å². The van der Waals surface area contributed by atoms with Gasteiger partial charge in [-0.25, -0.2) is 0 Å². The van der Waals surface area contributed by atoms with Gasteiger partial charge in [0.25, 0.3) is 0 Å². The Hall–Kier alpha value is -3.85. The van der Waals surface area contributed by atoms with E-state index in [1.54, 1.807) is 18.3 Å². The van der Waals surface area contributed by atoms with Crippen LogP contribution in [0.15, 0.2) is 54.7 Å². The molecule has 2 aromatic carbocycles. The molecule has 3 atom stereocenters. The van der Waals surface area contributed by atoms with Gasteiger partial charge in [-0.2, -0.15) is 0 Å². The molecule has 0 radical (unpaired) electrons. The number of aromatic hydroxyl groups is 1. The summed E-state index contributed by atoms with van der Waals surface area (Å²) < 4.78 is 0. The quantitative estimate of drug-likeness (QED) is 0.337. The van der Waals surface area contributed by atoms with Gasteiger partial charge in [0.2, 0.25) is 17.7 Å². The fourth-order valence-electron chi connectivity index (χ4n) is 3.82. The summed E-state index contributed by atoms with van der Waals surface area (Å²) in [6.07, 6.45) is 2.15. The number of aromatic nitrogens is 1. The third-order valence-corrected chi connectivity index (χ3v) is 5.56. The van der Waals surface area contributed by atoms with E-state index in [2.05, 4.69) is 20.9 Å². The molecule has 0 saturated carbocycles. The van der Waals surface area contributed by atoms with E-state index < -0.39 is 42.5 Å². The predicted molar refractivity (Wildman–Crippen MR) is 117 cm³/mol. The van der Waals surface area contributed by atoms with Crippen molar-refractivity contribution < 1.29 is 24.6 Å². The van der Waals surface area contributed by atoms with Gasteiger partial charge in [-0.05, 0) is 29.3 Å². The minimum atomic E-state index is -1.18. The van der Waals surface area contributed by atoms with Crippen molar-refractivity contribution in [3.63, 3.8) is 0 Å². The molecule has 2 heterocycles. The van der Waals surface area contributed by atoms with Crippen LogP contribution in [-0.4, -0.2) is 57.7 Å². The van der Waals surface area contributed by atoms with Crippen molar-refractivity contribution in [2.75, 3.05) is 6.61 Å². The molecule has 1 aliphatic heterocycles. The number of carbonyl (C=O) groups excluding carboxylic acids is 3. The van der Waals surface area contributed by atoms with E-state index in [0.717, 1.165) is 22.0 Å². The van der Waals surface area contributed by atoms with Crippen LogP contribution in [-0.2, 0) is 27.2 Å². The van der Waals surface area contributed by atoms with Crippen molar-refractivity contribution in [2.24, 2.45) is 0 Å². The number of aromatic amines is 1. The third kappa shape index (κ3) is 4.57. The molecule has 0 spiro atoms. The second-order valence-electron chi connectivity index (χ2n) is 7.80. The summed E-state index contributed by atoms with van der Waals surface area (Å²) in [5.74, 6) is -1.62. The summed E-state index contributed by atoms with van der Waals surface area (Å²) in [7, 11) is 0. The first-order valence-corrected chi connectivity index (χ1v) is 10.3. The smallest absolute Gasteiger partial charge is 0.245 e. The highest BCUT2D eigenvalue weighted by Gasteiger charge is 2.34.